The minimum Gasteiger partial charge on any atom is -0.508 e. The van der Waals surface area contributed by atoms with Crippen LogP contribution in [-0.4, -0.2) is 48.2 Å². The maximum Gasteiger partial charge on any atom is 0.524 e. The first-order valence-electron chi connectivity index (χ1n) is 14.4. The molecule has 0 fully saturated rings. The number of nitrogens with two attached hydrogens (primary N) is 3. The molecule has 234 valence electrons. The monoisotopic (exact) mass is 614 g/mol. The van der Waals surface area contributed by atoms with E-state index in [1.54, 1.807) is 0 Å². The SMILES string of the molecule is CCCCc1nc2c(N)nc3ccc(C(C)(N)CCOCCC(C)(C)N)cc3c2n1Cc1cc(OP(=O)(O)O)ccc1O. The Hall–Kier alpha value is -3.25. The van der Waals surface area contributed by atoms with Crippen molar-refractivity contribution in [2.24, 2.45) is 11.5 Å². The van der Waals surface area contributed by atoms with Crippen molar-refractivity contribution in [2.75, 3.05) is 18.9 Å². The molecule has 2 aromatic carbocycles. The van der Waals surface area contributed by atoms with Crippen LogP contribution in [0.2, 0.25) is 0 Å². The van der Waals surface area contributed by atoms with E-state index >= 15 is 0 Å². The normalized spacial score (nSPS) is 14.0. The number of phenols is 1. The summed E-state index contributed by atoms with van der Waals surface area (Å²) in [6.07, 6.45) is 3.78. The highest BCUT2D eigenvalue weighted by atomic mass is 31.2. The number of unbranched alkanes of at least 4 members (excludes halogenated alkanes) is 1. The molecular weight excluding hydrogens is 571 g/mol. The summed E-state index contributed by atoms with van der Waals surface area (Å²) >= 11 is 0. The summed E-state index contributed by atoms with van der Waals surface area (Å²) in [5, 5.41) is 11.5. The van der Waals surface area contributed by atoms with Gasteiger partial charge in [0.1, 0.15) is 22.8 Å². The van der Waals surface area contributed by atoms with Gasteiger partial charge in [0, 0.05) is 41.7 Å². The molecular formula is C30H43N6O6P. The van der Waals surface area contributed by atoms with Gasteiger partial charge in [-0.1, -0.05) is 19.4 Å². The van der Waals surface area contributed by atoms with E-state index in [1.165, 1.54) is 18.2 Å². The predicted octanol–water partition coefficient (Wildman–Crippen LogP) is 4.44. The lowest BCUT2D eigenvalue weighted by Crippen LogP contribution is -2.35. The summed E-state index contributed by atoms with van der Waals surface area (Å²) in [5.74, 6) is 0.906. The Kier molecular flexibility index (Phi) is 9.70. The van der Waals surface area contributed by atoms with Crippen LogP contribution in [0.3, 0.4) is 0 Å². The van der Waals surface area contributed by atoms with E-state index in [2.05, 4.69) is 11.9 Å². The summed E-state index contributed by atoms with van der Waals surface area (Å²) in [6.45, 7) is 9.14. The quantitative estimate of drug-likeness (QED) is 0.0865. The maximum atomic E-state index is 11.4. The lowest BCUT2D eigenvalue weighted by atomic mass is 9.89. The number of aromatic hydroxyl groups is 1. The Labute approximate surface area is 251 Å². The summed E-state index contributed by atoms with van der Waals surface area (Å²) in [7, 11) is -4.79. The van der Waals surface area contributed by atoms with Crippen LogP contribution in [0.4, 0.5) is 5.82 Å². The van der Waals surface area contributed by atoms with Crippen LogP contribution in [0.5, 0.6) is 11.5 Å². The highest BCUT2D eigenvalue weighted by molar-refractivity contribution is 7.46. The fourth-order valence-corrected chi connectivity index (χ4v) is 5.31. The van der Waals surface area contributed by atoms with Gasteiger partial charge < -0.3 is 36.1 Å². The highest BCUT2D eigenvalue weighted by Gasteiger charge is 2.25. The second-order valence-corrected chi connectivity index (χ2v) is 13.2. The van der Waals surface area contributed by atoms with E-state index in [0.717, 1.165) is 41.6 Å². The van der Waals surface area contributed by atoms with Gasteiger partial charge >= 0.3 is 7.82 Å². The number of phosphoric ester groups is 1. The number of fused-ring (bicyclic) bond motifs is 3. The number of hydrogen-bond acceptors (Lipinski definition) is 9. The van der Waals surface area contributed by atoms with E-state index in [0.29, 0.717) is 42.7 Å². The molecule has 0 aliphatic heterocycles. The number of imidazole rings is 1. The van der Waals surface area contributed by atoms with Crippen LogP contribution in [0.1, 0.15) is 70.3 Å². The number of nitrogen functional groups attached to an aromatic ring is 1. The molecule has 9 N–H and O–H groups in total. The fraction of sp³-hybridized carbons (Fsp3) is 0.467. The number of pyridine rings is 1. The molecule has 2 heterocycles. The van der Waals surface area contributed by atoms with Gasteiger partial charge in [0.25, 0.3) is 0 Å². The van der Waals surface area contributed by atoms with Gasteiger partial charge in [-0.15, -0.1) is 0 Å². The van der Waals surface area contributed by atoms with Crippen molar-refractivity contribution in [3.8, 4) is 11.5 Å². The molecule has 0 spiro atoms. The van der Waals surface area contributed by atoms with Crippen molar-refractivity contribution < 1.29 is 28.7 Å². The van der Waals surface area contributed by atoms with Crippen LogP contribution in [0, 0.1) is 0 Å². The third kappa shape index (κ3) is 8.23. The average Bonchev–Trinajstić information content (AvgIpc) is 3.26. The molecule has 2 aromatic heterocycles. The molecule has 4 rings (SSSR count). The third-order valence-corrected chi connectivity index (χ3v) is 7.90. The van der Waals surface area contributed by atoms with Gasteiger partial charge in [-0.25, -0.2) is 14.5 Å². The first kappa shape index (κ1) is 32.7. The van der Waals surface area contributed by atoms with Crippen LogP contribution in [-0.2, 0) is 27.8 Å². The molecule has 0 bridgehead atoms. The molecule has 12 nitrogen and oxygen atoms in total. The second kappa shape index (κ2) is 12.8. The molecule has 0 saturated heterocycles. The Morgan fingerprint density at radius 2 is 1.74 bits per heavy atom. The predicted molar refractivity (Wildman–Crippen MR) is 168 cm³/mol. The van der Waals surface area contributed by atoms with Crippen molar-refractivity contribution in [3.05, 3.63) is 53.3 Å². The van der Waals surface area contributed by atoms with Crippen molar-refractivity contribution >= 4 is 35.6 Å². The molecule has 43 heavy (non-hydrogen) atoms. The number of benzene rings is 2. The van der Waals surface area contributed by atoms with Crippen molar-refractivity contribution in [2.45, 2.75) is 77.4 Å². The van der Waals surface area contributed by atoms with E-state index < -0.39 is 13.4 Å². The van der Waals surface area contributed by atoms with Gasteiger partial charge in [-0.05, 0) is 75.9 Å². The number of rotatable bonds is 14. The van der Waals surface area contributed by atoms with Gasteiger partial charge in [-0.2, -0.15) is 0 Å². The Balaban J connectivity index is 1.78. The Morgan fingerprint density at radius 3 is 2.42 bits per heavy atom. The third-order valence-electron chi connectivity index (χ3n) is 7.46. The van der Waals surface area contributed by atoms with Crippen LogP contribution >= 0.6 is 7.82 Å². The van der Waals surface area contributed by atoms with Gasteiger partial charge in [0.2, 0.25) is 0 Å². The second-order valence-electron chi connectivity index (χ2n) is 12.0. The molecule has 13 heteroatoms. The topological polar surface area (TPSA) is 205 Å². The zero-order valence-corrected chi connectivity index (χ0v) is 26.1. The number of phenolic OH excluding ortho intramolecular Hbond substituents is 1. The summed E-state index contributed by atoms with van der Waals surface area (Å²) < 4.78 is 24.0. The molecule has 0 aliphatic carbocycles. The van der Waals surface area contributed by atoms with Crippen molar-refractivity contribution in [3.63, 3.8) is 0 Å². The van der Waals surface area contributed by atoms with Gasteiger partial charge in [-0.3, -0.25) is 9.79 Å². The number of anilines is 1. The molecule has 0 radical (unpaired) electrons. The number of aromatic nitrogens is 3. The van der Waals surface area contributed by atoms with Crippen LogP contribution in [0.25, 0.3) is 21.9 Å². The first-order valence-corrected chi connectivity index (χ1v) is 15.9. The smallest absolute Gasteiger partial charge is 0.508 e. The zero-order valence-electron chi connectivity index (χ0n) is 25.2. The lowest BCUT2D eigenvalue weighted by Gasteiger charge is -2.26. The summed E-state index contributed by atoms with van der Waals surface area (Å²) in [4.78, 5) is 28.1. The molecule has 4 aromatic rings. The number of nitrogens with zero attached hydrogens (tertiary/aromatic N) is 3. The number of ether oxygens (including phenoxy) is 1. The maximum absolute atomic E-state index is 11.4. The Bertz CT molecular complexity index is 1640. The average molecular weight is 615 g/mol. The molecule has 0 amide bonds. The van der Waals surface area contributed by atoms with Crippen molar-refractivity contribution in [1.29, 1.82) is 0 Å². The van der Waals surface area contributed by atoms with Gasteiger partial charge in [0.15, 0.2) is 5.82 Å². The van der Waals surface area contributed by atoms with E-state index in [4.69, 9.17) is 31.4 Å². The lowest BCUT2D eigenvalue weighted by molar-refractivity contribution is 0.104. The van der Waals surface area contributed by atoms with E-state index in [9.17, 15) is 19.5 Å². The molecule has 0 aliphatic rings. The highest BCUT2D eigenvalue weighted by Crippen LogP contribution is 2.39. The summed E-state index contributed by atoms with van der Waals surface area (Å²) in [5.41, 5.74) is 21.5. The number of phosphoric acid groups is 1. The molecule has 1 atom stereocenters. The van der Waals surface area contributed by atoms with E-state index in [1.807, 2.05) is 43.5 Å². The van der Waals surface area contributed by atoms with Gasteiger partial charge in [0.05, 0.1) is 17.6 Å². The molecule has 0 saturated carbocycles. The fourth-order valence-electron chi connectivity index (χ4n) is 4.93. The summed E-state index contributed by atoms with van der Waals surface area (Å²) in [6, 6.07) is 9.88. The minimum atomic E-state index is -4.79. The molecule has 1 unspecified atom stereocenters. The Morgan fingerprint density at radius 1 is 1.02 bits per heavy atom. The first-order chi connectivity index (χ1) is 20.1. The van der Waals surface area contributed by atoms with Crippen molar-refractivity contribution in [1.82, 2.24) is 14.5 Å². The van der Waals surface area contributed by atoms with E-state index in [-0.39, 0.29) is 29.4 Å². The number of aryl methyl sites for hydroxylation is 1. The minimum absolute atomic E-state index is 0.0547. The standard InChI is InChI=1S/C30H43N6O6P/c1-5-6-7-25-35-26-27(36(25)18-19-16-21(9-11-24(19)37)42-43(38,39)40)22-17-20(8-10-23(22)34-28(26)31)30(4,33)13-15-41-14-12-29(2,3)32/h8-11,16-17,37H,5-7,12-15,18,32-33H2,1-4H3,(H2,31,34)(H2,38,39,40). The van der Waals surface area contributed by atoms with Crippen LogP contribution < -0.4 is 21.7 Å². The number of hydrogen-bond donors (Lipinski definition) is 6. The largest absolute Gasteiger partial charge is 0.524 e. The van der Waals surface area contributed by atoms with Crippen LogP contribution in [0.15, 0.2) is 36.4 Å². The zero-order chi connectivity index (χ0) is 31.6.